The minimum Gasteiger partial charge on any atom is -0.388 e. The van der Waals surface area contributed by atoms with Crippen LogP contribution in [0.25, 0.3) is 5.57 Å². The quantitative estimate of drug-likeness (QED) is 0.449. The third-order valence-electron chi connectivity index (χ3n) is 5.08. The molecule has 0 aliphatic heterocycles. The van der Waals surface area contributed by atoms with Gasteiger partial charge in [-0.15, -0.1) is 0 Å². The molecule has 0 spiro atoms. The molecule has 0 aliphatic rings. The van der Waals surface area contributed by atoms with Gasteiger partial charge in [0, 0.05) is 18.7 Å². The molecule has 1 unspecified atom stereocenters. The van der Waals surface area contributed by atoms with E-state index in [1.165, 1.54) is 4.90 Å². The third kappa shape index (κ3) is 5.98. The first kappa shape index (κ1) is 22.6. The maximum atomic E-state index is 14.6. The number of hydrogen-bond acceptors (Lipinski definition) is 2. The van der Waals surface area contributed by atoms with Gasteiger partial charge in [-0.3, -0.25) is 0 Å². The summed E-state index contributed by atoms with van der Waals surface area (Å²) in [7, 11) is 0. The topological polar surface area (TPSA) is 23.5 Å². The van der Waals surface area contributed by atoms with E-state index in [1.807, 2.05) is 60.7 Å². The molecule has 0 saturated carbocycles. The van der Waals surface area contributed by atoms with E-state index >= 15 is 0 Å². The van der Waals surface area contributed by atoms with Crippen molar-refractivity contribution in [1.82, 2.24) is 4.90 Å². The van der Waals surface area contributed by atoms with Gasteiger partial charge < -0.3 is 10.0 Å². The molecule has 0 amide bonds. The maximum absolute atomic E-state index is 14.6. The summed E-state index contributed by atoms with van der Waals surface area (Å²) in [6.07, 6.45) is -5.72. The number of hydrogen-bond donors (Lipinski definition) is 1. The number of halogens is 3. The number of alkyl halides is 3. The lowest BCUT2D eigenvalue weighted by molar-refractivity contribution is -0.113. The second kappa shape index (κ2) is 10.3. The van der Waals surface area contributed by atoms with Gasteiger partial charge >= 0.3 is 6.18 Å². The lowest BCUT2D eigenvalue weighted by atomic mass is 9.95. The Morgan fingerprint density at radius 3 is 1.58 bits per heavy atom. The first-order chi connectivity index (χ1) is 14.9. The zero-order valence-electron chi connectivity index (χ0n) is 17.4. The molecule has 0 aliphatic carbocycles. The van der Waals surface area contributed by atoms with Crippen molar-refractivity contribution in [3.05, 3.63) is 113 Å². The van der Waals surface area contributed by atoms with Crippen LogP contribution in [0.4, 0.5) is 13.2 Å². The highest BCUT2D eigenvalue weighted by Gasteiger charge is 2.42. The zero-order valence-corrected chi connectivity index (χ0v) is 17.4. The van der Waals surface area contributed by atoms with Gasteiger partial charge in [0.2, 0.25) is 0 Å². The van der Waals surface area contributed by atoms with Crippen LogP contribution in [0.5, 0.6) is 0 Å². The Bertz CT molecular complexity index is 928. The molecule has 1 N–H and O–H groups in total. The Hall–Kier alpha value is -3.05. The first-order valence-electron chi connectivity index (χ1n) is 10.3. The first-order valence-corrected chi connectivity index (χ1v) is 10.3. The van der Waals surface area contributed by atoms with Crippen molar-refractivity contribution >= 4 is 5.57 Å². The summed E-state index contributed by atoms with van der Waals surface area (Å²) in [5.41, 5.74) is 0.996. The van der Waals surface area contributed by atoms with Crippen LogP contribution in [-0.2, 0) is 13.1 Å². The second-order valence-electron chi connectivity index (χ2n) is 7.38. The fourth-order valence-corrected chi connectivity index (χ4v) is 3.63. The fourth-order valence-electron chi connectivity index (χ4n) is 3.63. The number of rotatable bonds is 8. The zero-order chi connectivity index (χ0) is 22.3. The largest absolute Gasteiger partial charge is 0.431 e. The highest BCUT2D eigenvalue weighted by Crippen LogP contribution is 2.38. The second-order valence-corrected chi connectivity index (χ2v) is 7.38. The molecule has 3 rings (SSSR count). The molecule has 1 atom stereocenters. The Kier molecular flexibility index (Phi) is 7.53. The summed E-state index contributed by atoms with van der Waals surface area (Å²) >= 11 is 0. The van der Waals surface area contributed by atoms with Crippen LogP contribution in [0.1, 0.15) is 30.0 Å². The van der Waals surface area contributed by atoms with E-state index < -0.39 is 18.0 Å². The number of benzene rings is 3. The standard InChI is InChI=1S/C26H26F3NO/c1-2-23(31)24(22-16-10-5-11-17-22)25(26(27,28)29)30(18-20-12-6-3-7-13-20)19-21-14-8-4-9-15-21/h3-17,23,31H,2,18-19H2,1H3/b25-24+. The van der Waals surface area contributed by atoms with Gasteiger partial charge in [0.05, 0.1) is 6.10 Å². The minimum atomic E-state index is -4.65. The lowest BCUT2D eigenvalue weighted by Crippen LogP contribution is -2.34. The van der Waals surface area contributed by atoms with E-state index in [2.05, 4.69) is 0 Å². The van der Waals surface area contributed by atoms with Crippen molar-refractivity contribution in [3.63, 3.8) is 0 Å². The summed E-state index contributed by atoms with van der Waals surface area (Å²) in [6, 6.07) is 26.5. The van der Waals surface area contributed by atoms with E-state index in [0.717, 1.165) is 11.1 Å². The van der Waals surface area contributed by atoms with Crippen LogP contribution in [0, 0.1) is 0 Å². The van der Waals surface area contributed by atoms with Crippen molar-refractivity contribution in [2.45, 2.75) is 38.7 Å². The van der Waals surface area contributed by atoms with Crippen molar-refractivity contribution < 1.29 is 18.3 Å². The Labute approximate surface area is 181 Å². The van der Waals surface area contributed by atoms with Gasteiger partial charge in [-0.2, -0.15) is 13.2 Å². The van der Waals surface area contributed by atoms with E-state index in [9.17, 15) is 18.3 Å². The molecule has 0 fully saturated rings. The van der Waals surface area contributed by atoms with Gasteiger partial charge in [-0.05, 0) is 23.1 Å². The molecule has 5 heteroatoms. The molecule has 3 aromatic rings. The molecule has 0 aromatic heterocycles. The molecule has 31 heavy (non-hydrogen) atoms. The number of aliphatic hydroxyl groups is 1. The van der Waals surface area contributed by atoms with Crippen LogP contribution in [0.15, 0.2) is 96.7 Å². The summed E-state index contributed by atoms with van der Waals surface area (Å²) in [5, 5.41) is 10.7. The van der Waals surface area contributed by atoms with Gasteiger partial charge in [0.25, 0.3) is 0 Å². The van der Waals surface area contributed by atoms with E-state index in [4.69, 9.17) is 0 Å². The number of aliphatic hydroxyl groups excluding tert-OH is 1. The van der Waals surface area contributed by atoms with Crippen molar-refractivity contribution in [1.29, 1.82) is 0 Å². The van der Waals surface area contributed by atoms with Crippen molar-refractivity contribution in [2.24, 2.45) is 0 Å². The monoisotopic (exact) mass is 425 g/mol. The molecular weight excluding hydrogens is 399 g/mol. The fraction of sp³-hybridized carbons (Fsp3) is 0.231. The number of allylic oxidation sites excluding steroid dienone is 1. The molecule has 0 radical (unpaired) electrons. The van der Waals surface area contributed by atoms with E-state index in [1.54, 1.807) is 37.3 Å². The van der Waals surface area contributed by atoms with Gasteiger partial charge in [0.1, 0.15) is 5.70 Å². The summed E-state index contributed by atoms with van der Waals surface area (Å²) in [4.78, 5) is 1.33. The molecule has 162 valence electrons. The Morgan fingerprint density at radius 1 is 0.774 bits per heavy atom. The number of nitrogens with zero attached hydrogens (tertiary/aromatic N) is 1. The predicted molar refractivity (Wildman–Crippen MR) is 118 cm³/mol. The molecular formula is C26H26F3NO. The van der Waals surface area contributed by atoms with Crippen LogP contribution >= 0.6 is 0 Å². The third-order valence-corrected chi connectivity index (χ3v) is 5.08. The smallest absolute Gasteiger partial charge is 0.388 e. The average Bonchev–Trinajstić information content (AvgIpc) is 2.77. The molecule has 2 nitrogen and oxygen atoms in total. The molecule has 3 aromatic carbocycles. The maximum Gasteiger partial charge on any atom is 0.431 e. The molecule has 0 heterocycles. The Morgan fingerprint density at radius 2 is 1.19 bits per heavy atom. The van der Waals surface area contributed by atoms with Crippen molar-refractivity contribution in [2.75, 3.05) is 0 Å². The van der Waals surface area contributed by atoms with Crippen LogP contribution in [-0.4, -0.2) is 22.3 Å². The minimum absolute atomic E-state index is 0.0668. The van der Waals surface area contributed by atoms with Crippen molar-refractivity contribution in [3.8, 4) is 0 Å². The normalized spacial score (nSPS) is 13.5. The van der Waals surface area contributed by atoms with E-state index in [-0.39, 0.29) is 25.1 Å². The SMILES string of the molecule is CCC(O)/C(=C(/N(Cc1ccccc1)Cc1ccccc1)C(F)(F)F)c1ccccc1. The molecule has 0 bridgehead atoms. The highest BCUT2D eigenvalue weighted by molar-refractivity contribution is 5.72. The van der Waals surface area contributed by atoms with Gasteiger partial charge in [-0.25, -0.2) is 0 Å². The van der Waals surface area contributed by atoms with Crippen LogP contribution < -0.4 is 0 Å². The van der Waals surface area contributed by atoms with Gasteiger partial charge in [0.15, 0.2) is 0 Å². The molecule has 0 saturated heterocycles. The average molecular weight is 425 g/mol. The summed E-state index contributed by atoms with van der Waals surface area (Å²) < 4.78 is 43.8. The summed E-state index contributed by atoms with van der Waals surface area (Å²) in [5.74, 6) is 0. The van der Waals surface area contributed by atoms with Crippen LogP contribution in [0.2, 0.25) is 0 Å². The summed E-state index contributed by atoms with van der Waals surface area (Å²) in [6.45, 7) is 1.81. The highest BCUT2D eigenvalue weighted by atomic mass is 19.4. The van der Waals surface area contributed by atoms with E-state index in [0.29, 0.717) is 5.56 Å². The lowest BCUT2D eigenvalue weighted by Gasteiger charge is -2.33. The Balaban J connectivity index is 2.20. The predicted octanol–water partition coefficient (Wildman–Crippen LogP) is 6.43. The van der Waals surface area contributed by atoms with Gasteiger partial charge in [-0.1, -0.05) is 97.9 Å². The van der Waals surface area contributed by atoms with Crippen LogP contribution in [0.3, 0.4) is 0 Å².